The largest absolute Gasteiger partial charge is 0.492 e. The Morgan fingerprint density at radius 3 is 2.66 bits per heavy atom. The van der Waals surface area contributed by atoms with Gasteiger partial charge in [0.05, 0.1) is 12.3 Å². The number of piperidine rings is 1. The van der Waals surface area contributed by atoms with E-state index >= 15 is 0 Å². The summed E-state index contributed by atoms with van der Waals surface area (Å²) >= 11 is 0. The number of carbonyl (C=O) groups excluding carboxylic acids is 1. The molecule has 3 aromatic heterocycles. The van der Waals surface area contributed by atoms with Crippen molar-refractivity contribution in [1.82, 2.24) is 34.1 Å². The minimum absolute atomic E-state index is 0.0319. The number of ether oxygens (including phenoxy) is 1. The van der Waals surface area contributed by atoms with Crippen LogP contribution >= 0.6 is 0 Å². The number of hydrogen-bond acceptors (Lipinski definition) is 10. The highest BCUT2D eigenvalue weighted by Gasteiger charge is 2.27. The Balaban J connectivity index is 1.18. The molecule has 0 spiro atoms. The van der Waals surface area contributed by atoms with E-state index in [2.05, 4.69) is 56.2 Å². The number of hydrogen-bond donors (Lipinski definition) is 1. The Labute approximate surface area is 276 Å². The molecule has 5 heterocycles. The second-order valence-electron chi connectivity index (χ2n) is 12.6. The van der Waals surface area contributed by atoms with Crippen LogP contribution < -0.4 is 15.0 Å². The Morgan fingerprint density at radius 2 is 1.89 bits per heavy atom. The number of anilines is 2. The van der Waals surface area contributed by atoms with Gasteiger partial charge in [-0.1, -0.05) is 18.2 Å². The predicted octanol–water partition coefficient (Wildman–Crippen LogP) is 3.68. The zero-order valence-corrected chi connectivity index (χ0v) is 27.6. The van der Waals surface area contributed by atoms with E-state index in [9.17, 15) is 4.79 Å². The number of nitrogens with zero attached hydrogens (tertiary/aromatic N) is 9. The molecule has 1 N–H and O–H groups in total. The van der Waals surface area contributed by atoms with Crippen molar-refractivity contribution < 1.29 is 9.53 Å². The molecule has 2 fully saturated rings. The molecule has 0 aliphatic carbocycles. The van der Waals surface area contributed by atoms with Crippen LogP contribution in [-0.2, 0) is 11.3 Å². The summed E-state index contributed by atoms with van der Waals surface area (Å²) in [5.41, 5.74) is 3.92. The number of pyridine rings is 1. The number of benzene rings is 1. The predicted molar refractivity (Wildman–Crippen MR) is 182 cm³/mol. The van der Waals surface area contributed by atoms with Crippen LogP contribution in [0.4, 0.5) is 11.6 Å². The molecule has 2 saturated heterocycles. The zero-order chi connectivity index (χ0) is 32.8. The van der Waals surface area contributed by atoms with E-state index < -0.39 is 0 Å². The number of rotatable bonds is 11. The molecule has 2 aliphatic heterocycles. The summed E-state index contributed by atoms with van der Waals surface area (Å²) < 4.78 is 7.88. The molecule has 1 atom stereocenters. The quantitative estimate of drug-likeness (QED) is 0.261. The van der Waals surface area contributed by atoms with Gasteiger partial charge < -0.3 is 24.8 Å². The third-order valence-electron chi connectivity index (χ3n) is 8.92. The van der Waals surface area contributed by atoms with Gasteiger partial charge in [0.25, 0.3) is 0 Å². The third kappa shape index (κ3) is 7.81. The van der Waals surface area contributed by atoms with E-state index in [1.54, 1.807) is 4.90 Å². The van der Waals surface area contributed by atoms with Crippen LogP contribution in [0.1, 0.15) is 30.4 Å². The van der Waals surface area contributed by atoms with Gasteiger partial charge in [-0.2, -0.15) is 5.26 Å². The maximum atomic E-state index is 12.5. The number of likely N-dealkylation sites (tertiary alicyclic amines) is 1. The molecule has 1 aromatic carbocycles. The molecule has 0 bridgehead atoms. The minimum atomic E-state index is -0.118. The molecule has 12 nitrogen and oxygen atoms in total. The SMILES string of the molecule is Cc1c(NC2CCCN(C(=O)CC#N)C2)nc(-c2cnc3ccccn23)nc1N1CCN(Cc2ccc(OCCN(C)C)cc2)CC1. The van der Waals surface area contributed by atoms with Crippen LogP contribution in [0, 0.1) is 18.3 Å². The molecule has 47 heavy (non-hydrogen) atoms. The van der Waals surface area contributed by atoms with Crippen molar-refractivity contribution in [3.8, 4) is 23.3 Å². The van der Waals surface area contributed by atoms with Gasteiger partial charge in [0.1, 0.15) is 41.8 Å². The van der Waals surface area contributed by atoms with E-state index in [1.807, 2.05) is 55.2 Å². The summed E-state index contributed by atoms with van der Waals surface area (Å²) in [6.07, 6.45) is 5.51. The monoisotopic (exact) mass is 636 g/mol. The fraction of sp³-hybridized carbons (Fsp3) is 0.457. The van der Waals surface area contributed by atoms with Crippen LogP contribution in [0.15, 0.2) is 54.9 Å². The smallest absolute Gasteiger partial charge is 0.236 e. The van der Waals surface area contributed by atoms with Gasteiger partial charge >= 0.3 is 0 Å². The summed E-state index contributed by atoms with van der Waals surface area (Å²) in [6.45, 7) is 9.26. The second-order valence-corrected chi connectivity index (χ2v) is 12.6. The van der Waals surface area contributed by atoms with E-state index in [0.717, 1.165) is 86.4 Å². The highest BCUT2D eigenvalue weighted by molar-refractivity contribution is 5.78. The maximum absolute atomic E-state index is 12.5. The first-order valence-corrected chi connectivity index (χ1v) is 16.4. The van der Waals surface area contributed by atoms with Crippen LogP contribution in [0.25, 0.3) is 17.2 Å². The zero-order valence-electron chi connectivity index (χ0n) is 27.6. The molecular weight excluding hydrogens is 592 g/mol. The van der Waals surface area contributed by atoms with Crippen molar-refractivity contribution in [2.75, 3.05) is 76.7 Å². The summed E-state index contributed by atoms with van der Waals surface area (Å²) in [4.78, 5) is 36.0. The van der Waals surface area contributed by atoms with Crippen LogP contribution in [-0.4, -0.2) is 113 Å². The van der Waals surface area contributed by atoms with Gasteiger partial charge in [-0.05, 0) is 63.7 Å². The van der Waals surface area contributed by atoms with Crippen molar-refractivity contribution in [2.45, 2.75) is 38.8 Å². The molecule has 6 rings (SSSR count). The summed E-state index contributed by atoms with van der Waals surface area (Å²) in [5, 5.41) is 12.7. The van der Waals surface area contributed by atoms with Crippen LogP contribution in [0.3, 0.4) is 0 Å². The van der Waals surface area contributed by atoms with Gasteiger partial charge in [0, 0.05) is 70.2 Å². The standard InChI is InChI=1S/C35H44N10O2/c1-26-33(38-28-7-6-15-44(25-28)32(46)13-14-36)39-34(30-23-37-31-8-4-5-16-45(30)31)40-35(26)43-19-17-42(18-20-43)24-27-9-11-29(12-10-27)47-22-21-41(2)3/h4-5,8-12,16,23,28H,6-7,13,15,17-22,24-25H2,1-3H3,(H,38,39,40). The highest BCUT2D eigenvalue weighted by Crippen LogP contribution is 2.30. The summed E-state index contributed by atoms with van der Waals surface area (Å²) in [6, 6.07) is 16.4. The van der Waals surface area contributed by atoms with Gasteiger partial charge in [-0.25, -0.2) is 15.0 Å². The van der Waals surface area contributed by atoms with Crippen LogP contribution in [0.5, 0.6) is 5.75 Å². The molecular formula is C35H44N10O2. The van der Waals surface area contributed by atoms with Crippen molar-refractivity contribution >= 4 is 23.2 Å². The molecule has 0 saturated carbocycles. The van der Waals surface area contributed by atoms with Gasteiger partial charge in [0.15, 0.2) is 5.82 Å². The van der Waals surface area contributed by atoms with Crippen molar-refractivity contribution in [2.24, 2.45) is 0 Å². The first-order valence-electron chi connectivity index (χ1n) is 16.4. The number of nitrogens with one attached hydrogen (secondary N) is 1. The number of nitriles is 1. The third-order valence-corrected chi connectivity index (χ3v) is 8.92. The first kappa shape index (κ1) is 32.2. The average molecular weight is 637 g/mol. The Morgan fingerprint density at radius 1 is 1.09 bits per heavy atom. The van der Waals surface area contributed by atoms with Crippen molar-refractivity contribution in [3.63, 3.8) is 0 Å². The summed E-state index contributed by atoms with van der Waals surface area (Å²) in [7, 11) is 4.09. The van der Waals surface area contributed by atoms with E-state index in [4.69, 9.17) is 20.0 Å². The normalized spacial score (nSPS) is 17.2. The van der Waals surface area contributed by atoms with Gasteiger partial charge in [-0.3, -0.25) is 14.1 Å². The molecule has 4 aromatic rings. The fourth-order valence-electron chi connectivity index (χ4n) is 6.27. The molecule has 1 unspecified atom stereocenters. The number of carbonyl (C=O) groups is 1. The Kier molecular flexibility index (Phi) is 10.1. The number of imidazole rings is 1. The number of amides is 1. The maximum Gasteiger partial charge on any atom is 0.236 e. The average Bonchev–Trinajstić information content (AvgIpc) is 3.51. The lowest BCUT2D eigenvalue weighted by atomic mass is 10.0. The van der Waals surface area contributed by atoms with Crippen LogP contribution in [0.2, 0.25) is 0 Å². The van der Waals surface area contributed by atoms with Crippen molar-refractivity contribution in [3.05, 3.63) is 66.0 Å². The van der Waals surface area contributed by atoms with E-state index in [1.165, 1.54) is 5.56 Å². The summed E-state index contributed by atoms with van der Waals surface area (Å²) in [5.74, 6) is 3.07. The van der Waals surface area contributed by atoms with Gasteiger partial charge in [0.2, 0.25) is 5.91 Å². The second kappa shape index (κ2) is 14.8. The van der Waals surface area contributed by atoms with Crippen molar-refractivity contribution in [1.29, 1.82) is 5.26 Å². The number of fused-ring (bicyclic) bond motifs is 1. The number of likely N-dealkylation sites (N-methyl/N-ethyl adjacent to an activating group) is 1. The Bertz CT molecular complexity index is 1710. The molecule has 12 heteroatoms. The lowest BCUT2D eigenvalue weighted by Gasteiger charge is -2.37. The van der Waals surface area contributed by atoms with Gasteiger partial charge in [-0.15, -0.1) is 0 Å². The molecule has 246 valence electrons. The first-order chi connectivity index (χ1) is 22.9. The fourth-order valence-corrected chi connectivity index (χ4v) is 6.27. The van der Waals surface area contributed by atoms with E-state index in [0.29, 0.717) is 25.5 Å². The molecule has 1 amide bonds. The lowest BCUT2D eigenvalue weighted by molar-refractivity contribution is -0.131. The molecule has 2 aliphatic rings. The highest BCUT2D eigenvalue weighted by atomic mass is 16.5. The number of aromatic nitrogens is 4. The lowest BCUT2D eigenvalue weighted by Crippen LogP contribution is -2.47. The Hall–Kier alpha value is -4.73. The molecule has 0 radical (unpaired) electrons. The number of piperazine rings is 1. The van der Waals surface area contributed by atoms with E-state index in [-0.39, 0.29) is 18.4 Å². The topological polar surface area (TPSA) is 118 Å². The minimum Gasteiger partial charge on any atom is -0.492 e.